The number of nitrogens with zero attached hydrogens (tertiary/aromatic N) is 4. The second kappa shape index (κ2) is 4.88. The van der Waals surface area contributed by atoms with Crippen LogP contribution in [0.3, 0.4) is 0 Å². The number of nitrogens with one attached hydrogen (secondary N) is 1. The van der Waals surface area contributed by atoms with Crippen LogP contribution in [-0.2, 0) is 4.74 Å². The number of aliphatic imine (C=N–C) groups is 1. The minimum Gasteiger partial charge on any atom is -0.455 e. The molecule has 0 radical (unpaired) electrons. The van der Waals surface area contributed by atoms with E-state index in [1.54, 1.807) is 11.3 Å². The predicted octanol–water partition coefficient (Wildman–Crippen LogP) is 2.26. The Morgan fingerprint density at radius 2 is 2.17 bits per heavy atom. The molecular formula is C16H19N5OS. The molecule has 4 aliphatic rings. The second-order valence-electron chi connectivity index (χ2n) is 6.76. The van der Waals surface area contributed by atoms with Crippen molar-refractivity contribution >= 4 is 32.8 Å². The van der Waals surface area contributed by atoms with Crippen LogP contribution in [0, 0.1) is 12.8 Å². The zero-order valence-corrected chi connectivity index (χ0v) is 13.9. The van der Waals surface area contributed by atoms with E-state index in [9.17, 15) is 0 Å². The first kappa shape index (κ1) is 13.7. The standard InChI is InChI=1S/C16H19N5OS/c1-10-2-3-12-13(18-10)23-15(19-12)20-14-17-8-16(22-14)9-21-6-4-11(16)5-7-21/h2-3,11H,4-9H2,1H3,(H,17,19,20)/t16-/m0/s1. The van der Waals surface area contributed by atoms with Crippen molar-refractivity contribution in [2.75, 3.05) is 31.5 Å². The molecule has 0 aromatic carbocycles. The summed E-state index contributed by atoms with van der Waals surface area (Å²) >= 11 is 1.54. The Labute approximate surface area is 138 Å². The third-order valence-corrected chi connectivity index (χ3v) is 6.10. The number of pyridine rings is 1. The van der Waals surface area contributed by atoms with Crippen LogP contribution >= 0.6 is 11.3 Å². The molecule has 7 heteroatoms. The Hall–Kier alpha value is -1.73. The highest BCUT2D eigenvalue weighted by atomic mass is 32.1. The van der Waals surface area contributed by atoms with E-state index in [-0.39, 0.29) is 5.60 Å². The highest BCUT2D eigenvalue weighted by Crippen LogP contribution is 2.41. The summed E-state index contributed by atoms with van der Waals surface area (Å²) < 4.78 is 6.29. The summed E-state index contributed by atoms with van der Waals surface area (Å²) in [6.07, 6.45) is 2.46. The molecule has 6 rings (SSSR count). The number of aromatic nitrogens is 2. The number of piperidine rings is 3. The van der Waals surface area contributed by atoms with Crippen LogP contribution in [0.4, 0.5) is 5.13 Å². The first-order valence-corrected chi connectivity index (χ1v) is 8.99. The molecular weight excluding hydrogens is 310 g/mol. The van der Waals surface area contributed by atoms with Crippen LogP contribution in [0.2, 0.25) is 0 Å². The summed E-state index contributed by atoms with van der Waals surface area (Å²) in [5.41, 5.74) is 1.82. The summed E-state index contributed by atoms with van der Waals surface area (Å²) in [5, 5.41) is 4.06. The van der Waals surface area contributed by atoms with Gasteiger partial charge >= 0.3 is 0 Å². The Bertz CT molecular complexity index is 795. The number of aryl methyl sites for hydroxylation is 1. The van der Waals surface area contributed by atoms with Gasteiger partial charge in [0.05, 0.1) is 6.54 Å². The lowest BCUT2D eigenvalue weighted by Crippen LogP contribution is -2.61. The van der Waals surface area contributed by atoms with Gasteiger partial charge in [-0.3, -0.25) is 10.2 Å². The maximum atomic E-state index is 6.29. The minimum absolute atomic E-state index is 0.107. The van der Waals surface area contributed by atoms with Crippen molar-refractivity contribution in [2.24, 2.45) is 10.9 Å². The summed E-state index contributed by atoms with van der Waals surface area (Å²) in [6.45, 7) is 6.18. The summed E-state index contributed by atoms with van der Waals surface area (Å²) in [5.74, 6) is 0.634. The van der Waals surface area contributed by atoms with E-state index in [0.29, 0.717) is 11.9 Å². The van der Waals surface area contributed by atoms with Gasteiger partial charge in [-0.2, -0.15) is 0 Å². The van der Waals surface area contributed by atoms with Crippen molar-refractivity contribution in [1.29, 1.82) is 0 Å². The summed E-state index contributed by atoms with van der Waals surface area (Å²) in [7, 11) is 0. The quantitative estimate of drug-likeness (QED) is 0.869. The first-order valence-electron chi connectivity index (χ1n) is 8.17. The number of ether oxygens (including phenoxy) is 1. The van der Waals surface area contributed by atoms with Crippen LogP contribution in [0.1, 0.15) is 18.5 Å². The molecule has 0 unspecified atom stereocenters. The molecule has 3 saturated heterocycles. The number of anilines is 1. The van der Waals surface area contributed by atoms with E-state index in [1.165, 1.54) is 25.9 Å². The topological polar surface area (TPSA) is 62.6 Å². The van der Waals surface area contributed by atoms with E-state index in [0.717, 1.165) is 34.3 Å². The van der Waals surface area contributed by atoms with Gasteiger partial charge in [-0.05, 0) is 45.0 Å². The van der Waals surface area contributed by atoms with Gasteiger partial charge in [0, 0.05) is 18.2 Å². The molecule has 0 amide bonds. The molecule has 23 heavy (non-hydrogen) atoms. The zero-order valence-electron chi connectivity index (χ0n) is 13.1. The lowest BCUT2D eigenvalue weighted by atomic mass is 9.75. The summed E-state index contributed by atoms with van der Waals surface area (Å²) in [4.78, 5) is 17.2. The van der Waals surface area contributed by atoms with Gasteiger partial charge in [0.1, 0.15) is 15.9 Å². The molecule has 2 aromatic rings. The van der Waals surface area contributed by atoms with E-state index in [1.807, 2.05) is 19.1 Å². The van der Waals surface area contributed by atoms with Crippen molar-refractivity contribution in [3.05, 3.63) is 17.8 Å². The van der Waals surface area contributed by atoms with Crippen LogP contribution < -0.4 is 5.32 Å². The molecule has 2 aromatic heterocycles. The van der Waals surface area contributed by atoms with Crippen molar-refractivity contribution in [1.82, 2.24) is 14.9 Å². The van der Waals surface area contributed by atoms with Gasteiger partial charge in [0.2, 0.25) is 0 Å². The normalized spacial score (nSPS) is 32.3. The number of hydrogen-bond acceptors (Lipinski definition) is 7. The molecule has 120 valence electrons. The van der Waals surface area contributed by atoms with Gasteiger partial charge in [-0.1, -0.05) is 11.3 Å². The van der Waals surface area contributed by atoms with Gasteiger partial charge in [-0.15, -0.1) is 0 Å². The fourth-order valence-corrected chi connectivity index (χ4v) is 4.88. The van der Waals surface area contributed by atoms with E-state index in [2.05, 4.69) is 25.2 Å². The average Bonchev–Trinajstić information content (AvgIpc) is 3.12. The fraction of sp³-hybridized carbons (Fsp3) is 0.562. The number of amidine groups is 1. The maximum Gasteiger partial charge on any atom is 0.291 e. The first-order chi connectivity index (χ1) is 11.2. The highest BCUT2D eigenvalue weighted by Gasteiger charge is 2.51. The van der Waals surface area contributed by atoms with E-state index >= 15 is 0 Å². The monoisotopic (exact) mass is 329 g/mol. The molecule has 1 atom stereocenters. The average molecular weight is 329 g/mol. The lowest BCUT2D eigenvalue weighted by Gasteiger charge is -2.50. The van der Waals surface area contributed by atoms with Crippen molar-refractivity contribution < 1.29 is 4.74 Å². The van der Waals surface area contributed by atoms with Gasteiger partial charge in [0.15, 0.2) is 5.13 Å². The Morgan fingerprint density at radius 1 is 1.30 bits per heavy atom. The highest BCUT2D eigenvalue weighted by molar-refractivity contribution is 7.21. The van der Waals surface area contributed by atoms with E-state index < -0.39 is 0 Å². The zero-order chi connectivity index (χ0) is 15.4. The summed E-state index contributed by atoms with van der Waals surface area (Å²) in [6, 6.07) is 4.61. The molecule has 3 fully saturated rings. The molecule has 1 spiro atoms. The lowest BCUT2D eigenvalue weighted by molar-refractivity contribution is -0.0829. The van der Waals surface area contributed by atoms with Crippen LogP contribution in [0.25, 0.3) is 10.3 Å². The molecule has 6 nitrogen and oxygen atoms in total. The van der Waals surface area contributed by atoms with E-state index in [4.69, 9.17) is 4.74 Å². The third-order valence-electron chi connectivity index (χ3n) is 5.22. The van der Waals surface area contributed by atoms with Crippen molar-refractivity contribution in [2.45, 2.75) is 25.4 Å². The van der Waals surface area contributed by atoms with Crippen LogP contribution in [-0.4, -0.2) is 52.7 Å². The smallest absolute Gasteiger partial charge is 0.291 e. The fourth-order valence-electron chi connectivity index (χ4n) is 4.00. The Balaban J connectivity index is 1.35. The van der Waals surface area contributed by atoms with Crippen LogP contribution in [0.5, 0.6) is 0 Å². The molecule has 6 heterocycles. The predicted molar refractivity (Wildman–Crippen MR) is 91.1 cm³/mol. The molecule has 4 aliphatic heterocycles. The molecule has 1 N–H and O–H groups in total. The maximum absolute atomic E-state index is 6.29. The largest absolute Gasteiger partial charge is 0.455 e. The van der Waals surface area contributed by atoms with Gasteiger partial charge in [-0.25, -0.2) is 15.0 Å². The molecule has 0 aliphatic carbocycles. The molecule has 2 bridgehead atoms. The SMILES string of the molecule is Cc1ccc2nc(NC3=NC[C@@]4(CN5CCC4CC5)O3)sc2n1. The van der Waals surface area contributed by atoms with Crippen LogP contribution in [0.15, 0.2) is 17.1 Å². The Kier molecular flexibility index (Phi) is 2.90. The van der Waals surface area contributed by atoms with Gasteiger partial charge in [0.25, 0.3) is 6.02 Å². The number of thiazole rings is 1. The third kappa shape index (κ3) is 2.21. The Morgan fingerprint density at radius 3 is 2.96 bits per heavy atom. The number of fused-ring (bicyclic) bond motifs is 3. The number of hydrogen-bond donors (Lipinski definition) is 1. The van der Waals surface area contributed by atoms with Gasteiger partial charge < -0.3 is 4.74 Å². The van der Waals surface area contributed by atoms with Crippen molar-refractivity contribution in [3.63, 3.8) is 0 Å². The number of rotatable bonds is 1. The minimum atomic E-state index is -0.107. The second-order valence-corrected chi connectivity index (χ2v) is 7.74. The van der Waals surface area contributed by atoms with Crippen molar-refractivity contribution in [3.8, 4) is 0 Å². The molecule has 0 saturated carbocycles.